The summed E-state index contributed by atoms with van der Waals surface area (Å²) in [6, 6.07) is 24.2. The fourth-order valence-electron chi connectivity index (χ4n) is 4.81. The van der Waals surface area contributed by atoms with Crippen LogP contribution >= 0.6 is 15.9 Å². The Morgan fingerprint density at radius 2 is 0.891 bits per heavy atom. The van der Waals surface area contributed by atoms with Gasteiger partial charge in [0.2, 0.25) is 0 Å². The minimum absolute atomic E-state index is 0.00183. The van der Waals surface area contributed by atoms with Crippen molar-refractivity contribution in [2.75, 3.05) is 0 Å². The Hall–Kier alpha value is -2.18. The molecule has 0 spiro atoms. The third kappa shape index (κ3) is 6.34. The number of nitrogens with zero attached hydrogens (tertiary/aromatic N) is 8. The van der Waals surface area contributed by atoms with Gasteiger partial charge in [0.1, 0.15) is 0 Å². The van der Waals surface area contributed by atoms with Gasteiger partial charge in [-0.1, -0.05) is 0 Å². The van der Waals surface area contributed by atoms with Gasteiger partial charge in [0.05, 0.1) is 0 Å². The number of hydrogen-bond donors (Lipinski definition) is 0. The van der Waals surface area contributed by atoms with Crippen LogP contribution in [0.1, 0.15) is 27.7 Å². The van der Waals surface area contributed by atoms with E-state index in [0.717, 1.165) is 65.2 Å². The van der Waals surface area contributed by atoms with Crippen molar-refractivity contribution in [3.8, 4) is 11.1 Å². The molecule has 0 amide bonds. The van der Waals surface area contributed by atoms with Crippen LogP contribution in [0.3, 0.4) is 0 Å². The van der Waals surface area contributed by atoms with Crippen molar-refractivity contribution in [1.82, 2.24) is 31.8 Å². The van der Waals surface area contributed by atoms with Crippen molar-refractivity contribution >= 4 is 132 Å². The molecule has 1 aliphatic rings. The van der Waals surface area contributed by atoms with Gasteiger partial charge in [-0.3, -0.25) is 0 Å². The molecule has 4 aromatic heterocycles. The SMILES string of the molecule is Brc1cccc2n[se]nc12.CC1(C)OB(c2cccc3n[se]nc23)OC1(C)C.c1cc(-c2cccc3n[se]nc23)c2n[se]nc2c1. The molecule has 9 rings (SSSR count). The van der Waals surface area contributed by atoms with Crippen molar-refractivity contribution in [2.45, 2.75) is 38.9 Å². The molecule has 1 aliphatic heterocycles. The van der Waals surface area contributed by atoms with Crippen LogP contribution in [-0.2, 0) is 9.31 Å². The monoisotopic (exact) mass is 938 g/mol. The first-order chi connectivity index (χ1) is 22.2. The Balaban J connectivity index is 0.000000115. The third-order valence-corrected chi connectivity index (χ3v) is 13.1. The Bertz CT molecular complexity index is 2210. The van der Waals surface area contributed by atoms with Gasteiger partial charge in [0.15, 0.2) is 0 Å². The van der Waals surface area contributed by atoms with Crippen LogP contribution in [0.2, 0.25) is 0 Å². The van der Waals surface area contributed by atoms with Gasteiger partial charge in [-0.25, -0.2) is 0 Å². The van der Waals surface area contributed by atoms with Crippen LogP contribution < -0.4 is 5.46 Å². The topological polar surface area (TPSA) is 122 Å². The summed E-state index contributed by atoms with van der Waals surface area (Å²) in [5, 5.41) is 0. The molecule has 0 atom stereocenters. The molecule has 4 aromatic carbocycles. The van der Waals surface area contributed by atoms with Gasteiger partial charge in [0.25, 0.3) is 0 Å². The van der Waals surface area contributed by atoms with E-state index in [1.807, 2.05) is 60.7 Å². The van der Waals surface area contributed by atoms with E-state index >= 15 is 0 Å². The van der Waals surface area contributed by atoms with E-state index in [1.54, 1.807) is 0 Å². The average molecular weight is 935 g/mol. The first-order valence-corrected chi connectivity index (χ1v) is 21.0. The molecule has 0 radical (unpaired) electrons. The number of hydrogen-bond acceptors (Lipinski definition) is 10. The number of halogens is 1. The van der Waals surface area contributed by atoms with Crippen molar-refractivity contribution in [1.29, 1.82) is 0 Å². The Kier molecular flexibility index (Phi) is 9.42. The molecule has 1 saturated heterocycles. The van der Waals surface area contributed by atoms with E-state index in [1.165, 1.54) is 0 Å². The second-order valence-corrected chi connectivity index (χ2v) is 16.6. The zero-order valence-electron chi connectivity index (χ0n) is 24.9. The zero-order chi connectivity index (χ0) is 31.9. The van der Waals surface area contributed by atoms with E-state index in [9.17, 15) is 0 Å². The van der Waals surface area contributed by atoms with Crippen LogP contribution in [0.4, 0.5) is 0 Å². The molecule has 8 aromatic rings. The summed E-state index contributed by atoms with van der Waals surface area (Å²) in [5.74, 6) is 0. The average Bonchev–Trinajstić information content (AvgIpc) is 3.88. The van der Waals surface area contributed by atoms with Crippen LogP contribution in [0, 0.1) is 0 Å². The summed E-state index contributed by atoms with van der Waals surface area (Å²) >= 11 is 3.47. The van der Waals surface area contributed by atoms with E-state index in [4.69, 9.17) is 9.31 Å². The van der Waals surface area contributed by atoms with Crippen LogP contribution in [0.25, 0.3) is 55.3 Å². The fraction of sp³-hybridized carbons (Fsp3) is 0.200. The number of rotatable bonds is 2. The van der Waals surface area contributed by atoms with Crippen LogP contribution in [0.5, 0.6) is 0 Å². The van der Waals surface area contributed by atoms with E-state index < -0.39 is 0 Å². The Labute approximate surface area is 298 Å². The first kappa shape index (κ1) is 32.4. The maximum atomic E-state index is 6.06. The summed E-state index contributed by atoms with van der Waals surface area (Å²) in [6.07, 6.45) is 0. The summed E-state index contributed by atoms with van der Waals surface area (Å²) < 4.78 is 48.4. The van der Waals surface area contributed by atoms with Crippen molar-refractivity contribution in [3.05, 3.63) is 77.3 Å². The molecule has 46 heavy (non-hydrogen) atoms. The molecule has 0 bridgehead atoms. The Morgan fingerprint density at radius 1 is 0.500 bits per heavy atom. The van der Waals surface area contributed by atoms with Crippen LogP contribution in [-0.4, -0.2) is 110 Å². The molecular weight excluding hydrogens is 911 g/mol. The molecule has 0 unspecified atom stereocenters. The van der Waals surface area contributed by atoms with Crippen molar-refractivity contribution in [3.63, 3.8) is 0 Å². The molecule has 10 nitrogen and oxygen atoms in total. The van der Waals surface area contributed by atoms with E-state index in [0.29, 0.717) is 0 Å². The molecule has 16 heteroatoms. The van der Waals surface area contributed by atoms with Gasteiger partial charge in [-0.2, -0.15) is 0 Å². The van der Waals surface area contributed by atoms with E-state index in [-0.39, 0.29) is 78.2 Å². The second-order valence-electron chi connectivity index (χ2n) is 11.3. The predicted octanol–water partition coefficient (Wildman–Crippen LogP) is 3.79. The molecule has 0 aliphatic carbocycles. The van der Waals surface area contributed by atoms with Crippen LogP contribution in [0.15, 0.2) is 77.3 Å². The minimum atomic E-state index is -0.349. The van der Waals surface area contributed by atoms with Gasteiger partial charge in [-0.15, -0.1) is 0 Å². The number of fused-ring (bicyclic) bond motifs is 4. The molecule has 0 saturated carbocycles. The summed E-state index contributed by atoms with van der Waals surface area (Å²) in [5.41, 5.74) is 10.6. The molecule has 230 valence electrons. The maximum absolute atomic E-state index is 6.06. The summed E-state index contributed by atoms with van der Waals surface area (Å²) in [6.45, 7) is 8.23. The van der Waals surface area contributed by atoms with Gasteiger partial charge < -0.3 is 0 Å². The van der Waals surface area contributed by atoms with Gasteiger partial charge in [0, 0.05) is 0 Å². The molecule has 1 fully saturated rings. The van der Waals surface area contributed by atoms with Gasteiger partial charge in [-0.05, 0) is 0 Å². The standard InChI is InChI=1S/C12H15BN2O2Se.C12H6N4Se2.C6H3BrN2Se/c1-11(2)12(3,4)17-13(16-11)8-6-5-7-9-10(8)15-18-14-9;1-3-7(11-9(5-1)13-17-15-11)8-4-2-6-10-12(8)16-18-14-10;7-4-2-1-3-5-6(4)9-10-8-5/h5-7H,1-4H3;1-6H;1-3H. The molecule has 5 heterocycles. The summed E-state index contributed by atoms with van der Waals surface area (Å²) in [7, 11) is -0.349. The zero-order valence-corrected chi connectivity index (χ0v) is 33.3. The normalized spacial score (nSPS) is 15.2. The quantitative estimate of drug-likeness (QED) is 0.237. The number of aromatic nitrogens is 8. The molecular formula is C30H24BBrN8O2Se4. The predicted molar refractivity (Wildman–Crippen MR) is 188 cm³/mol. The van der Waals surface area contributed by atoms with E-state index in [2.05, 4.69) is 87.6 Å². The fourth-order valence-corrected chi connectivity index (χ4v) is 10.1. The van der Waals surface area contributed by atoms with Gasteiger partial charge >= 0.3 is 301 Å². The summed E-state index contributed by atoms with van der Waals surface area (Å²) in [4.78, 5) is 0. The van der Waals surface area contributed by atoms with Crippen molar-refractivity contribution < 1.29 is 9.31 Å². The Morgan fingerprint density at radius 3 is 1.39 bits per heavy atom. The second kappa shape index (κ2) is 13.4. The number of benzene rings is 4. The first-order valence-electron chi connectivity index (χ1n) is 14.1. The van der Waals surface area contributed by atoms with Crippen molar-refractivity contribution in [2.24, 2.45) is 0 Å². The third-order valence-electron chi connectivity index (χ3n) is 7.92. The molecule has 0 N–H and O–H groups in total.